The molecular weight excluding hydrogens is 368 g/mol. The molecule has 1 aliphatic rings. The number of hydrogen-bond donors (Lipinski definition) is 1. The maximum absolute atomic E-state index is 12.2. The molecule has 0 radical (unpaired) electrons. The molecule has 1 fully saturated rings. The summed E-state index contributed by atoms with van der Waals surface area (Å²) in [5.41, 5.74) is 1.88. The lowest BCUT2D eigenvalue weighted by atomic mass is 9.99. The zero-order valence-corrected chi connectivity index (χ0v) is 16.8. The lowest BCUT2D eigenvalue weighted by molar-refractivity contribution is -0.127. The molecule has 1 heterocycles. The van der Waals surface area contributed by atoms with Gasteiger partial charge in [-0.3, -0.25) is 9.59 Å². The highest BCUT2D eigenvalue weighted by atomic mass is 16.5. The van der Waals surface area contributed by atoms with E-state index in [1.54, 1.807) is 4.90 Å². The van der Waals surface area contributed by atoms with Gasteiger partial charge in [-0.2, -0.15) is 0 Å². The molecule has 0 aliphatic carbocycles. The third-order valence-corrected chi connectivity index (χ3v) is 5.00. The van der Waals surface area contributed by atoms with Crippen LogP contribution in [0.1, 0.15) is 25.3 Å². The van der Waals surface area contributed by atoms with Gasteiger partial charge in [0.25, 0.3) is 0 Å². The maximum Gasteiger partial charge on any atom is 0.223 e. The molecule has 0 saturated carbocycles. The molecule has 0 unspecified atom stereocenters. The minimum Gasteiger partial charge on any atom is -0.489 e. The summed E-state index contributed by atoms with van der Waals surface area (Å²) in [6.45, 7) is 4.14. The highest BCUT2D eigenvalue weighted by Crippen LogP contribution is 2.20. The second-order valence-corrected chi connectivity index (χ2v) is 7.12. The van der Waals surface area contributed by atoms with Crippen molar-refractivity contribution in [3.8, 4) is 5.75 Å². The van der Waals surface area contributed by atoms with E-state index in [-0.39, 0.29) is 17.7 Å². The second kappa shape index (κ2) is 10.6. The van der Waals surface area contributed by atoms with E-state index in [1.165, 1.54) is 6.92 Å². The number of amides is 2. The van der Waals surface area contributed by atoms with Crippen molar-refractivity contribution < 1.29 is 19.1 Å². The molecular formula is C23H28N2O4. The Bertz CT molecular complexity index is 786. The Morgan fingerprint density at radius 2 is 1.76 bits per heavy atom. The van der Waals surface area contributed by atoms with Crippen molar-refractivity contribution in [2.75, 3.05) is 31.2 Å². The van der Waals surface area contributed by atoms with E-state index in [0.29, 0.717) is 32.9 Å². The number of hydrogen-bond acceptors (Lipinski definition) is 4. The molecule has 1 N–H and O–H groups in total. The molecule has 2 aromatic carbocycles. The van der Waals surface area contributed by atoms with E-state index in [2.05, 4.69) is 5.32 Å². The molecule has 2 amide bonds. The Morgan fingerprint density at radius 3 is 2.41 bits per heavy atom. The molecule has 29 heavy (non-hydrogen) atoms. The van der Waals surface area contributed by atoms with Crippen LogP contribution in [-0.2, 0) is 20.9 Å². The fourth-order valence-electron chi connectivity index (χ4n) is 3.33. The average molecular weight is 396 g/mol. The van der Waals surface area contributed by atoms with Gasteiger partial charge in [0.15, 0.2) is 0 Å². The van der Waals surface area contributed by atoms with Crippen LogP contribution in [0.3, 0.4) is 0 Å². The van der Waals surface area contributed by atoms with Gasteiger partial charge in [0.1, 0.15) is 12.4 Å². The fourth-order valence-corrected chi connectivity index (χ4v) is 3.33. The lowest BCUT2D eigenvalue weighted by Crippen LogP contribution is -2.40. The Kier molecular flexibility index (Phi) is 7.64. The van der Waals surface area contributed by atoms with Crippen LogP contribution in [-0.4, -0.2) is 38.1 Å². The summed E-state index contributed by atoms with van der Waals surface area (Å²) in [5.74, 6) is 0.731. The quantitative estimate of drug-likeness (QED) is 0.744. The number of rotatable bonds is 8. The zero-order valence-electron chi connectivity index (χ0n) is 16.8. The van der Waals surface area contributed by atoms with Crippen molar-refractivity contribution in [3.05, 3.63) is 60.2 Å². The Morgan fingerprint density at radius 1 is 1.07 bits per heavy atom. The SMILES string of the molecule is CC(=O)N(CCNC(=O)C1CCOCC1)c1ccc(OCc2ccccc2)cc1. The van der Waals surface area contributed by atoms with Crippen molar-refractivity contribution in [3.63, 3.8) is 0 Å². The van der Waals surface area contributed by atoms with Crippen LogP contribution in [0.15, 0.2) is 54.6 Å². The average Bonchev–Trinajstić information content (AvgIpc) is 2.77. The van der Waals surface area contributed by atoms with Crippen molar-refractivity contribution in [2.45, 2.75) is 26.4 Å². The molecule has 0 aromatic heterocycles. The Labute approximate surface area is 171 Å². The molecule has 0 bridgehead atoms. The van der Waals surface area contributed by atoms with Gasteiger partial charge in [0.05, 0.1) is 0 Å². The van der Waals surface area contributed by atoms with Gasteiger partial charge >= 0.3 is 0 Å². The molecule has 6 heteroatoms. The van der Waals surface area contributed by atoms with Crippen LogP contribution in [0.5, 0.6) is 5.75 Å². The molecule has 1 aliphatic heterocycles. The predicted octanol–water partition coefficient (Wildman–Crippen LogP) is 3.16. The highest BCUT2D eigenvalue weighted by molar-refractivity contribution is 5.91. The van der Waals surface area contributed by atoms with Crippen LogP contribution >= 0.6 is 0 Å². The number of carbonyl (C=O) groups excluding carboxylic acids is 2. The molecule has 6 nitrogen and oxygen atoms in total. The van der Waals surface area contributed by atoms with Gasteiger partial charge in [0, 0.05) is 44.8 Å². The highest BCUT2D eigenvalue weighted by Gasteiger charge is 2.21. The third-order valence-electron chi connectivity index (χ3n) is 5.00. The molecule has 1 saturated heterocycles. The van der Waals surface area contributed by atoms with Gasteiger partial charge in [-0.05, 0) is 42.7 Å². The van der Waals surface area contributed by atoms with E-state index in [0.717, 1.165) is 29.8 Å². The van der Waals surface area contributed by atoms with E-state index < -0.39 is 0 Å². The fraction of sp³-hybridized carbons (Fsp3) is 0.391. The van der Waals surface area contributed by atoms with Gasteiger partial charge in [0.2, 0.25) is 11.8 Å². The topological polar surface area (TPSA) is 67.9 Å². The molecule has 0 spiro atoms. The van der Waals surface area contributed by atoms with E-state index in [9.17, 15) is 9.59 Å². The second-order valence-electron chi connectivity index (χ2n) is 7.12. The summed E-state index contributed by atoms with van der Waals surface area (Å²) in [5, 5.41) is 2.94. The minimum atomic E-state index is -0.0664. The smallest absolute Gasteiger partial charge is 0.223 e. The third kappa shape index (κ3) is 6.32. The zero-order chi connectivity index (χ0) is 20.5. The van der Waals surface area contributed by atoms with E-state index in [1.807, 2.05) is 54.6 Å². The standard InChI is InChI=1S/C23H28N2O4/c1-18(26)25(14-13-24-23(27)20-11-15-28-16-12-20)21-7-9-22(10-8-21)29-17-19-5-3-2-4-6-19/h2-10,20H,11-17H2,1H3,(H,24,27). The largest absolute Gasteiger partial charge is 0.489 e. The Balaban J connectivity index is 1.50. The first-order valence-corrected chi connectivity index (χ1v) is 10.0. The van der Waals surface area contributed by atoms with Crippen molar-refractivity contribution >= 4 is 17.5 Å². The lowest BCUT2D eigenvalue weighted by Gasteiger charge is -2.24. The molecule has 3 rings (SSSR count). The maximum atomic E-state index is 12.2. The van der Waals surface area contributed by atoms with Crippen LogP contribution in [0.25, 0.3) is 0 Å². The summed E-state index contributed by atoms with van der Waals surface area (Å²) >= 11 is 0. The number of anilines is 1. The van der Waals surface area contributed by atoms with E-state index in [4.69, 9.17) is 9.47 Å². The minimum absolute atomic E-state index is 0.00979. The van der Waals surface area contributed by atoms with E-state index >= 15 is 0 Å². The first kappa shape index (κ1) is 20.9. The van der Waals surface area contributed by atoms with Crippen molar-refractivity contribution in [1.82, 2.24) is 5.32 Å². The van der Waals surface area contributed by atoms with Gasteiger partial charge in [-0.1, -0.05) is 30.3 Å². The van der Waals surface area contributed by atoms with Crippen LogP contribution in [0.2, 0.25) is 0 Å². The summed E-state index contributed by atoms with van der Waals surface area (Å²) in [7, 11) is 0. The monoisotopic (exact) mass is 396 g/mol. The summed E-state index contributed by atoms with van der Waals surface area (Å²) in [6, 6.07) is 17.4. The van der Waals surface area contributed by atoms with Crippen molar-refractivity contribution in [1.29, 1.82) is 0 Å². The molecule has 2 aromatic rings. The van der Waals surface area contributed by atoms with Gasteiger partial charge < -0.3 is 19.7 Å². The van der Waals surface area contributed by atoms with Gasteiger partial charge in [-0.25, -0.2) is 0 Å². The summed E-state index contributed by atoms with van der Waals surface area (Å²) in [4.78, 5) is 26.0. The normalized spacial score (nSPS) is 14.2. The van der Waals surface area contributed by atoms with Crippen molar-refractivity contribution in [2.24, 2.45) is 5.92 Å². The van der Waals surface area contributed by atoms with Crippen LogP contribution in [0.4, 0.5) is 5.69 Å². The van der Waals surface area contributed by atoms with Crippen LogP contribution in [0, 0.1) is 5.92 Å². The number of nitrogens with one attached hydrogen (secondary N) is 1. The summed E-state index contributed by atoms with van der Waals surface area (Å²) < 4.78 is 11.1. The number of ether oxygens (including phenoxy) is 2. The van der Waals surface area contributed by atoms with Crippen LogP contribution < -0.4 is 15.0 Å². The molecule has 0 atom stereocenters. The molecule has 154 valence electrons. The number of carbonyl (C=O) groups is 2. The first-order chi connectivity index (χ1) is 14.1. The number of benzene rings is 2. The predicted molar refractivity (Wildman–Crippen MR) is 112 cm³/mol. The summed E-state index contributed by atoms with van der Waals surface area (Å²) in [6.07, 6.45) is 1.51. The number of nitrogens with zero attached hydrogens (tertiary/aromatic N) is 1. The first-order valence-electron chi connectivity index (χ1n) is 10.0. The van der Waals surface area contributed by atoms with Gasteiger partial charge in [-0.15, -0.1) is 0 Å². The Hall–Kier alpha value is -2.86.